The van der Waals surface area contributed by atoms with Crippen molar-refractivity contribution in [3.63, 3.8) is 0 Å². The van der Waals surface area contributed by atoms with Crippen LogP contribution in [0.15, 0.2) is 30.3 Å². The first-order chi connectivity index (χ1) is 7.57. The topological polar surface area (TPSA) is 12.0 Å². The molecule has 2 atom stereocenters. The maximum absolute atomic E-state index is 7.82. The fraction of sp³-hybridized carbons (Fsp3) is 0.538. The zero-order valence-electron chi connectivity index (χ0n) is 11.1. The summed E-state index contributed by atoms with van der Waals surface area (Å²) in [5, 5.41) is 3.47. The van der Waals surface area contributed by atoms with Gasteiger partial charge in [-0.2, -0.15) is 0 Å². The van der Waals surface area contributed by atoms with Crippen molar-refractivity contribution in [3.05, 3.63) is 35.9 Å². The van der Waals surface area contributed by atoms with Crippen molar-refractivity contribution in [3.8, 4) is 0 Å². The second-order valence-electron chi connectivity index (χ2n) is 3.93. The first-order valence-electron chi connectivity index (χ1n) is 6.36. The maximum Gasteiger partial charge on any atom is 0.0322 e. The normalized spacial score (nSPS) is 28.6. The van der Waals surface area contributed by atoms with Crippen LogP contribution in [-0.2, 0) is 0 Å². The predicted molar refractivity (Wildman–Crippen MR) is 67.4 cm³/mol. The van der Waals surface area contributed by atoms with E-state index in [0.717, 1.165) is 19.4 Å². The van der Waals surface area contributed by atoms with Crippen LogP contribution in [0.1, 0.15) is 40.5 Å². The Hall–Kier alpha value is -0.530. The number of benzene rings is 1. The highest BCUT2D eigenvalue weighted by Crippen LogP contribution is 2.28. The third kappa shape index (κ3) is 3.22. The number of rotatable bonds is 2. The Bertz CT molecular complexity index is 337. The number of hydrogen-bond acceptors (Lipinski definition) is 1. The van der Waals surface area contributed by atoms with Crippen molar-refractivity contribution in [2.24, 2.45) is 5.92 Å². The number of halogens is 1. The van der Waals surface area contributed by atoms with Crippen LogP contribution in [0.25, 0.3) is 0 Å². The Kier molecular flexibility index (Phi) is 3.96. The summed E-state index contributed by atoms with van der Waals surface area (Å²) in [6.45, 7) is 2.61. The highest BCUT2D eigenvalue weighted by atomic mass is 35.5. The van der Waals surface area contributed by atoms with Gasteiger partial charge in [-0.3, -0.25) is 0 Å². The molecule has 15 heavy (non-hydrogen) atoms. The lowest BCUT2D eigenvalue weighted by Crippen LogP contribution is -2.31. The van der Waals surface area contributed by atoms with Crippen LogP contribution in [0.5, 0.6) is 0 Å². The van der Waals surface area contributed by atoms with E-state index < -0.39 is 6.37 Å². The summed E-state index contributed by atoms with van der Waals surface area (Å²) in [4.78, 5) is 0. The third-order valence-electron chi connectivity index (χ3n) is 3.01. The molecule has 2 unspecified atom stereocenters. The Morgan fingerprint density at radius 3 is 2.80 bits per heavy atom. The summed E-state index contributed by atoms with van der Waals surface area (Å²) in [5.74, 6) is 0.166. The Labute approximate surface area is 101 Å². The van der Waals surface area contributed by atoms with Crippen LogP contribution in [0.3, 0.4) is 0 Å². The van der Waals surface area contributed by atoms with Gasteiger partial charge in [0.05, 0.1) is 0 Å². The van der Waals surface area contributed by atoms with E-state index in [1.165, 1.54) is 5.56 Å². The predicted octanol–water partition coefficient (Wildman–Crippen LogP) is 3.56. The average Bonchev–Trinajstić information content (AvgIpc) is 2.29. The minimum Gasteiger partial charge on any atom is -0.310 e. The summed E-state index contributed by atoms with van der Waals surface area (Å²) in [6.07, 6.45) is 0.773. The van der Waals surface area contributed by atoms with E-state index in [-0.39, 0.29) is 18.3 Å². The van der Waals surface area contributed by atoms with Crippen molar-refractivity contribution in [2.45, 2.75) is 32.2 Å². The number of piperidine rings is 1. The molecule has 0 bridgehead atoms. The highest BCUT2D eigenvalue weighted by molar-refractivity contribution is 5.85. The minimum absolute atomic E-state index is 0. The zero-order chi connectivity index (χ0) is 11.6. The molecule has 84 valence electrons. The van der Waals surface area contributed by atoms with E-state index >= 15 is 0 Å². The summed E-state index contributed by atoms with van der Waals surface area (Å²) in [5.41, 5.74) is 1.27. The summed E-state index contributed by atoms with van der Waals surface area (Å²) >= 11 is 0. The first kappa shape index (κ1) is 9.68. The molecule has 2 rings (SSSR count). The van der Waals surface area contributed by atoms with E-state index in [1.807, 2.05) is 18.2 Å². The lowest BCUT2D eigenvalue weighted by atomic mass is 9.87. The van der Waals surface area contributed by atoms with Gasteiger partial charge < -0.3 is 5.32 Å². The van der Waals surface area contributed by atoms with Crippen molar-refractivity contribution in [2.75, 3.05) is 6.54 Å². The van der Waals surface area contributed by atoms with Crippen LogP contribution in [-0.4, -0.2) is 6.54 Å². The van der Waals surface area contributed by atoms with E-state index in [9.17, 15) is 0 Å². The molecule has 1 nitrogen and oxygen atoms in total. The van der Waals surface area contributed by atoms with Crippen LogP contribution < -0.4 is 5.32 Å². The van der Waals surface area contributed by atoms with Crippen molar-refractivity contribution in [1.82, 2.24) is 5.32 Å². The minimum atomic E-state index is -1.06. The smallest absolute Gasteiger partial charge is 0.0322 e. The maximum atomic E-state index is 7.82. The molecule has 1 fully saturated rings. The van der Waals surface area contributed by atoms with Gasteiger partial charge in [-0.1, -0.05) is 43.6 Å². The lowest BCUT2D eigenvalue weighted by molar-refractivity contribution is 0.299. The molecule has 0 radical (unpaired) electrons. The molecule has 1 heterocycles. The van der Waals surface area contributed by atoms with Gasteiger partial charge >= 0.3 is 0 Å². The van der Waals surface area contributed by atoms with Gasteiger partial charge in [0.25, 0.3) is 0 Å². The molecule has 0 spiro atoms. The molecule has 1 aliphatic rings. The number of hydrogen-bond donors (Lipinski definition) is 1. The molecule has 0 amide bonds. The summed E-state index contributed by atoms with van der Waals surface area (Å²) < 4.78 is 15.6. The SMILES string of the molecule is Cl.[2H]C([2H])(C)C1CCNC(c2ccccc2)C1. The highest BCUT2D eigenvalue weighted by Gasteiger charge is 2.20. The van der Waals surface area contributed by atoms with Gasteiger partial charge in [0.15, 0.2) is 0 Å². The fourth-order valence-electron chi connectivity index (χ4n) is 2.12. The third-order valence-corrected chi connectivity index (χ3v) is 3.01. The van der Waals surface area contributed by atoms with E-state index in [2.05, 4.69) is 17.4 Å². The quantitative estimate of drug-likeness (QED) is 0.815. The molecule has 1 N–H and O–H groups in total. The Morgan fingerprint density at radius 1 is 1.40 bits per heavy atom. The molecule has 0 aromatic heterocycles. The van der Waals surface area contributed by atoms with Gasteiger partial charge in [0, 0.05) is 8.78 Å². The molecular formula is C13H20ClN. The summed E-state index contributed by atoms with van der Waals surface area (Å²) in [6, 6.07) is 10.6. The monoisotopic (exact) mass is 227 g/mol. The molecule has 0 aliphatic carbocycles. The largest absolute Gasteiger partial charge is 0.310 e. The molecule has 0 saturated carbocycles. The average molecular weight is 228 g/mol. The standard InChI is InChI=1S/C13H19N.ClH/c1-2-11-8-9-14-13(10-11)12-6-4-3-5-7-12;/h3-7,11,13-14H,2,8-10H2,1H3;1H/i2D2;. The molecule has 1 aliphatic heterocycles. The fourth-order valence-corrected chi connectivity index (χ4v) is 2.12. The van der Waals surface area contributed by atoms with Crippen molar-refractivity contribution in [1.29, 1.82) is 0 Å². The molecule has 1 aromatic carbocycles. The molecule has 1 saturated heterocycles. The molecule has 1 aromatic rings. The van der Waals surface area contributed by atoms with Gasteiger partial charge in [0.1, 0.15) is 0 Å². The van der Waals surface area contributed by atoms with Crippen molar-refractivity contribution >= 4 is 12.4 Å². The van der Waals surface area contributed by atoms with E-state index in [1.54, 1.807) is 6.92 Å². The molecule has 2 heteroatoms. The van der Waals surface area contributed by atoms with Gasteiger partial charge in [-0.15, -0.1) is 12.4 Å². The lowest BCUT2D eigenvalue weighted by Gasteiger charge is -2.30. The van der Waals surface area contributed by atoms with Crippen LogP contribution in [0.4, 0.5) is 0 Å². The van der Waals surface area contributed by atoms with Gasteiger partial charge in [0.2, 0.25) is 0 Å². The zero-order valence-corrected chi connectivity index (χ0v) is 9.89. The Balaban J connectivity index is 0.00000144. The Morgan fingerprint density at radius 2 is 2.13 bits per heavy atom. The summed E-state index contributed by atoms with van der Waals surface area (Å²) in [7, 11) is 0. The van der Waals surface area contributed by atoms with Gasteiger partial charge in [-0.25, -0.2) is 0 Å². The second kappa shape index (κ2) is 6.14. The molecular weight excluding hydrogens is 206 g/mol. The van der Waals surface area contributed by atoms with E-state index in [0.29, 0.717) is 6.04 Å². The second-order valence-corrected chi connectivity index (χ2v) is 3.93. The van der Waals surface area contributed by atoms with Gasteiger partial charge in [-0.05, 0) is 30.9 Å². The van der Waals surface area contributed by atoms with Crippen LogP contribution >= 0.6 is 12.4 Å². The van der Waals surface area contributed by atoms with E-state index in [4.69, 9.17) is 2.74 Å². The van der Waals surface area contributed by atoms with Crippen LogP contribution in [0.2, 0.25) is 0 Å². The first-order valence-corrected chi connectivity index (χ1v) is 5.36. The van der Waals surface area contributed by atoms with Crippen LogP contribution in [0, 0.1) is 5.92 Å². The number of nitrogens with one attached hydrogen (secondary N) is 1. The van der Waals surface area contributed by atoms with Crippen molar-refractivity contribution < 1.29 is 2.74 Å².